The van der Waals surface area contributed by atoms with Gasteiger partial charge >= 0.3 is 0 Å². The predicted octanol–water partition coefficient (Wildman–Crippen LogP) is 9.17. The summed E-state index contributed by atoms with van der Waals surface area (Å²) in [5.74, 6) is 5.38. The minimum atomic E-state index is -1.92. The molecule has 0 amide bonds. The van der Waals surface area contributed by atoms with E-state index in [9.17, 15) is 5.11 Å². The molecule has 0 heterocycles. The van der Waals surface area contributed by atoms with Crippen LogP contribution in [0.15, 0.2) is 11.6 Å². The maximum absolute atomic E-state index is 11.9. The zero-order chi connectivity index (χ0) is 30.2. The Bertz CT molecular complexity index is 1050. The second kappa shape index (κ2) is 10.5. The molecular formula is C34H62O3Si3. The Balaban J connectivity index is 1.62. The van der Waals surface area contributed by atoms with Crippen molar-refractivity contribution < 1.29 is 14.0 Å². The van der Waals surface area contributed by atoms with Crippen molar-refractivity contribution in [2.75, 3.05) is 0 Å². The third-order valence-corrected chi connectivity index (χ3v) is 18.4. The number of allylic oxidation sites excluding steroid dienone is 1. The maximum atomic E-state index is 11.9. The van der Waals surface area contributed by atoms with Gasteiger partial charge in [0.25, 0.3) is 0 Å². The number of aliphatic hydroxyl groups excluding tert-OH is 1. The summed E-state index contributed by atoms with van der Waals surface area (Å²) in [7, 11) is -5.29. The number of hydrogen-bond acceptors (Lipinski definition) is 3. The molecule has 3 nitrogen and oxygen atoms in total. The first kappa shape index (κ1) is 32.7. The van der Waals surface area contributed by atoms with E-state index >= 15 is 0 Å². The maximum Gasteiger partial charge on any atom is 0.192 e. The Kier molecular flexibility index (Phi) is 8.57. The lowest BCUT2D eigenvalue weighted by atomic mass is 9.46. The normalized spacial score (nSPS) is 39.3. The van der Waals surface area contributed by atoms with Gasteiger partial charge in [-0.15, -0.1) is 5.54 Å². The summed E-state index contributed by atoms with van der Waals surface area (Å²) in [6.07, 6.45) is 11.6. The molecule has 0 aliphatic heterocycles. The van der Waals surface area contributed by atoms with Gasteiger partial charge in [0.05, 0.1) is 5.60 Å². The Morgan fingerprint density at radius 1 is 0.925 bits per heavy atom. The van der Waals surface area contributed by atoms with E-state index in [2.05, 4.69) is 105 Å². The third-order valence-electron chi connectivity index (χ3n) is 12.0. The van der Waals surface area contributed by atoms with Crippen LogP contribution in [0.25, 0.3) is 0 Å². The average molecular weight is 603 g/mol. The fraction of sp³-hybridized carbons (Fsp3) is 0.882. The monoisotopic (exact) mass is 602 g/mol. The van der Waals surface area contributed by atoms with Gasteiger partial charge in [0.2, 0.25) is 0 Å². The molecule has 8 atom stereocenters. The summed E-state index contributed by atoms with van der Waals surface area (Å²) >= 11 is 0. The van der Waals surface area contributed by atoms with Crippen LogP contribution in [-0.2, 0) is 8.85 Å². The Morgan fingerprint density at radius 3 is 2.12 bits per heavy atom. The molecule has 0 aromatic heterocycles. The third kappa shape index (κ3) is 5.83. The molecule has 0 aromatic carbocycles. The number of rotatable bonds is 5. The van der Waals surface area contributed by atoms with Gasteiger partial charge in [-0.1, -0.05) is 71.8 Å². The van der Waals surface area contributed by atoms with E-state index in [0.29, 0.717) is 23.4 Å². The van der Waals surface area contributed by atoms with E-state index in [1.807, 2.05) is 0 Å². The van der Waals surface area contributed by atoms with Crippen molar-refractivity contribution in [3.8, 4) is 11.5 Å². The molecule has 0 radical (unpaired) electrons. The minimum Gasteiger partial charge on any atom is -0.414 e. The lowest BCUT2D eigenvalue weighted by Crippen LogP contribution is -2.62. The number of hydrogen-bond donors (Lipinski definition) is 1. The fourth-order valence-corrected chi connectivity index (χ4v) is 12.5. The van der Waals surface area contributed by atoms with Crippen LogP contribution in [0, 0.1) is 40.0 Å². The quantitative estimate of drug-likeness (QED) is 0.194. The van der Waals surface area contributed by atoms with Gasteiger partial charge in [0.15, 0.2) is 16.6 Å². The van der Waals surface area contributed by atoms with Crippen LogP contribution in [0.4, 0.5) is 0 Å². The Labute approximate surface area is 250 Å². The zero-order valence-corrected chi connectivity index (χ0v) is 31.4. The summed E-state index contributed by atoms with van der Waals surface area (Å²) in [6.45, 7) is 30.6. The van der Waals surface area contributed by atoms with Crippen molar-refractivity contribution in [1.29, 1.82) is 0 Å². The molecule has 4 aliphatic rings. The molecule has 0 bridgehead atoms. The summed E-state index contributed by atoms with van der Waals surface area (Å²) < 4.78 is 14.1. The predicted molar refractivity (Wildman–Crippen MR) is 178 cm³/mol. The van der Waals surface area contributed by atoms with E-state index in [1.54, 1.807) is 5.57 Å². The van der Waals surface area contributed by atoms with Crippen molar-refractivity contribution in [1.82, 2.24) is 0 Å². The lowest BCUT2D eigenvalue weighted by molar-refractivity contribution is -0.150. The Morgan fingerprint density at radius 2 is 1.55 bits per heavy atom. The summed E-state index contributed by atoms with van der Waals surface area (Å²) in [4.78, 5) is 0. The molecule has 40 heavy (non-hydrogen) atoms. The van der Waals surface area contributed by atoms with Crippen LogP contribution >= 0.6 is 0 Å². The van der Waals surface area contributed by atoms with Crippen molar-refractivity contribution >= 4 is 24.7 Å². The van der Waals surface area contributed by atoms with Gasteiger partial charge in [-0.2, -0.15) is 0 Å². The molecular weight excluding hydrogens is 541 g/mol. The number of fused-ring (bicyclic) bond motifs is 5. The summed E-state index contributed by atoms with van der Waals surface area (Å²) in [5, 5.41) is 12.1. The SMILES string of the molecule is CC(C)(C)[Si](C)(C)O[C@H]1CC[C@@]2(C)C(=CC[C@@H]3[C@@H]2CC[C@@]2(C)[C@H]3CC[C@@]2(O[Si](C)(C)C)[C@@H](O)C#C[Si](C)(C)C)C1. The van der Waals surface area contributed by atoms with Gasteiger partial charge in [-0.3, -0.25) is 0 Å². The van der Waals surface area contributed by atoms with Crippen LogP contribution in [0.2, 0.25) is 57.4 Å². The lowest BCUT2D eigenvalue weighted by Gasteiger charge is -2.61. The van der Waals surface area contributed by atoms with Crippen LogP contribution in [0.5, 0.6) is 0 Å². The standard InChI is InChI=1S/C34H62O3Si3/c1-31(2,3)40(12,13)36-26-16-20-32(4)25(24-26)14-15-27-28(32)17-21-33(5)29(27)18-22-34(33,37-39(9,10)11)30(35)19-23-38(6,7)8/h14,26-30,35H,15-18,20-22,24H2,1-13H3/t26-,27+,28-,29-,30-,32-,33-,34+/m0/s1. The molecule has 4 rings (SSSR count). The highest BCUT2D eigenvalue weighted by atomic mass is 28.4. The van der Waals surface area contributed by atoms with Crippen LogP contribution in [0.3, 0.4) is 0 Å². The molecule has 0 spiro atoms. The van der Waals surface area contributed by atoms with Gasteiger partial charge < -0.3 is 14.0 Å². The van der Waals surface area contributed by atoms with Crippen LogP contribution < -0.4 is 0 Å². The molecule has 0 unspecified atom stereocenters. The average Bonchev–Trinajstić information content (AvgIpc) is 3.08. The molecule has 3 saturated carbocycles. The zero-order valence-electron chi connectivity index (χ0n) is 28.4. The van der Waals surface area contributed by atoms with Gasteiger partial charge in [-0.05, 0) is 112 Å². The second-order valence-electron chi connectivity index (χ2n) is 18.0. The van der Waals surface area contributed by atoms with Crippen molar-refractivity contribution in [2.45, 2.75) is 161 Å². The minimum absolute atomic E-state index is 0.0354. The highest BCUT2D eigenvalue weighted by Crippen LogP contribution is 2.69. The Hall–Kier alpha value is -0.169. The molecule has 3 fully saturated rings. The van der Waals surface area contributed by atoms with E-state index in [-0.39, 0.29) is 10.5 Å². The van der Waals surface area contributed by atoms with Crippen molar-refractivity contribution in [3.05, 3.63) is 11.6 Å². The molecule has 228 valence electrons. The topological polar surface area (TPSA) is 38.7 Å². The largest absolute Gasteiger partial charge is 0.414 e. The number of aliphatic hydroxyl groups is 1. The smallest absolute Gasteiger partial charge is 0.192 e. The van der Waals surface area contributed by atoms with Gasteiger partial charge in [0.1, 0.15) is 14.2 Å². The van der Waals surface area contributed by atoms with E-state index in [1.165, 1.54) is 25.7 Å². The summed E-state index contributed by atoms with van der Waals surface area (Å²) in [5.41, 5.74) is 4.91. The highest BCUT2D eigenvalue weighted by molar-refractivity contribution is 6.83. The van der Waals surface area contributed by atoms with Crippen LogP contribution in [0.1, 0.15) is 86.0 Å². The molecule has 0 saturated heterocycles. The van der Waals surface area contributed by atoms with Crippen molar-refractivity contribution in [3.63, 3.8) is 0 Å². The molecule has 1 N–H and O–H groups in total. The molecule has 4 aliphatic carbocycles. The summed E-state index contributed by atoms with van der Waals surface area (Å²) in [6, 6.07) is 0. The first-order valence-electron chi connectivity index (χ1n) is 16.3. The van der Waals surface area contributed by atoms with Gasteiger partial charge in [0, 0.05) is 11.5 Å². The second-order valence-corrected chi connectivity index (χ2v) is 32.0. The van der Waals surface area contributed by atoms with Gasteiger partial charge in [-0.25, -0.2) is 0 Å². The first-order valence-corrected chi connectivity index (χ1v) is 26.1. The van der Waals surface area contributed by atoms with Crippen molar-refractivity contribution in [2.24, 2.45) is 28.6 Å². The highest BCUT2D eigenvalue weighted by Gasteiger charge is 2.67. The molecule has 6 heteroatoms. The van der Waals surface area contributed by atoms with E-state index < -0.39 is 36.4 Å². The fourth-order valence-electron chi connectivity index (χ4n) is 8.98. The first-order chi connectivity index (χ1) is 18.0. The van der Waals surface area contributed by atoms with E-state index in [0.717, 1.165) is 31.6 Å². The molecule has 0 aromatic rings. The van der Waals surface area contributed by atoms with E-state index in [4.69, 9.17) is 8.85 Å². The van der Waals surface area contributed by atoms with Crippen LogP contribution in [-0.4, -0.2) is 47.6 Å².